The Balaban J connectivity index is 1.16. The normalized spacial score (nSPS) is 14.7. The minimum absolute atomic E-state index is 0.00304. The first-order valence-electron chi connectivity index (χ1n) is 13.9. The van der Waals surface area contributed by atoms with Gasteiger partial charge in [-0.15, -0.1) is 0 Å². The molecule has 1 aliphatic heterocycles. The Morgan fingerprint density at radius 1 is 0.953 bits per heavy atom. The van der Waals surface area contributed by atoms with E-state index in [0.29, 0.717) is 5.84 Å². The highest BCUT2D eigenvalue weighted by molar-refractivity contribution is 6.15. The minimum atomic E-state index is -0.638. The number of amidine groups is 1. The van der Waals surface area contributed by atoms with Crippen molar-refractivity contribution >= 4 is 35.8 Å². The lowest BCUT2D eigenvalue weighted by atomic mass is 9.98. The van der Waals surface area contributed by atoms with Gasteiger partial charge in [0.15, 0.2) is 0 Å². The molecule has 0 radical (unpaired) electrons. The highest BCUT2D eigenvalue weighted by atomic mass is 16.5. The fourth-order valence-electron chi connectivity index (χ4n) is 5.25. The van der Waals surface area contributed by atoms with Gasteiger partial charge < -0.3 is 19.7 Å². The second-order valence-corrected chi connectivity index (χ2v) is 10.1. The molecule has 1 heterocycles. The number of aliphatic imine (C=N–C) groups is 1. The zero-order valence-electron chi connectivity index (χ0n) is 24.0. The van der Waals surface area contributed by atoms with Gasteiger partial charge in [0.05, 0.1) is 7.11 Å². The number of amides is 3. The van der Waals surface area contributed by atoms with E-state index < -0.39 is 23.9 Å². The van der Waals surface area contributed by atoms with E-state index in [9.17, 15) is 19.2 Å². The van der Waals surface area contributed by atoms with Crippen molar-refractivity contribution in [3.63, 3.8) is 0 Å². The van der Waals surface area contributed by atoms with Crippen LogP contribution in [0, 0.1) is 0 Å². The maximum absolute atomic E-state index is 13.2. The van der Waals surface area contributed by atoms with Gasteiger partial charge in [-0.3, -0.25) is 19.3 Å². The lowest BCUT2D eigenvalue weighted by molar-refractivity contribution is -0.147. The van der Waals surface area contributed by atoms with E-state index in [1.807, 2.05) is 66.7 Å². The van der Waals surface area contributed by atoms with Gasteiger partial charge in [-0.05, 0) is 40.8 Å². The molecule has 0 spiro atoms. The van der Waals surface area contributed by atoms with Crippen LogP contribution in [0.1, 0.15) is 29.5 Å². The Labute approximate surface area is 249 Å². The molecule has 0 aromatic heterocycles. The van der Waals surface area contributed by atoms with Crippen LogP contribution in [0.5, 0.6) is 0 Å². The predicted octanol–water partition coefficient (Wildman–Crippen LogP) is 3.83. The third-order valence-electron chi connectivity index (χ3n) is 7.43. The summed E-state index contributed by atoms with van der Waals surface area (Å²) in [4.78, 5) is 57.7. The lowest BCUT2D eigenvalue weighted by Gasteiger charge is -2.24. The molecule has 1 aliphatic carbocycles. The monoisotopic (exact) mass is 580 g/mol. The Morgan fingerprint density at radius 3 is 2.23 bits per heavy atom. The molecular formula is C33H32N4O6. The van der Waals surface area contributed by atoms with Crippen molar-refractivity contribution in [1.82, 2.24) is 15.1 Å². The van der Waals surface area contributed by atoms with Crippen molar-refractivity contribution in [2.75, 3.05) is 39.9 Å². The molecule has 0 bridgehead atoms. The molecule has 3 aromatic rings. The summed E-state index contributed by atoms with van der Waals surface area (Å²) >= 11 is 0. The van der Waals surface area contributed by atoms with Crippen LogP contribution >= 0.6 is 0 Å². The number of methoxy groups -OCH3 is 1. The highest BCUT2D eigenvalue weighted by Crippen LogP contribution is 2.44. The predicted molar refractivity (Wildman–Crippen MR) is 161 cm³/mol. The van der Waals surface area contributed by atoms with Crippen LogP contribution in [0.2, 0.25) is 0 Å². The molecule has 3 aromatic carbocycles. The average Bonchev–Trinajstić information content (AvgIpc) is 3.48. The maximum Gasteiger partial charge on any atom is 0.407 e. The summed E-state index contributed by atoms with van der Waals surface area (Å²) < 4.78 is 10.3. The highest BCUT2D eigenvalue weighted by Gasteiger charge is 2.32. The van der Waals surface area contributed by atoms with E-state index >= 15 is 0 Å². The van der Waals surface area contributed by atoms with Gasteiger partial charge in [0.25, 0.3) is 5.91 Å². The number of carbonyl (C=O) groups is 4. The molecule has 220 valence electrons. The number of nitrogens with one attached hydrogen (secondary N) is 1. The van der Waals surface area contributed by atoms with Gasteiger partial charge >= 0.3 is 12.1 Å². The van der Waals surface area contributed by atoms with Crippen LogP contribution in [0.3, 0.4) is 0 Å². The van der Waals surface area contributed by atoms with E-state index in [0.717, 1.165) is 27.8 Å². The summed E-state index contributed by atoms with van der Waals surface area (Å²) in [6, 6.07) is 25.4. The van der Waals surface area contributed by atoms with Gasteiger partial charge in [-0.1, -0.05) is 78.9 Å². The SMILES string of the molecule is COC(=O)CN(CCNC(=O)OCC1c2ccccc2-c2ccccc21)C(=O)CN1C(=O)/C(=C/c2ccccc2)N=C1C. The quantitative estimate of drug-likeness (QED) is 0.288. The van der Waals surface area contributed by atoms with Crippen LogP contribution in [-0.4, -0.2) is 79.4 Å². The number of ether oxygens (including phenoxy) is 2. The Morgan fingerprint density at radius 2 is 1.58 bits per heavy atom. The van der Waals surface area contributed by atoms with E-state index in [4.69, 9.17) is 9.47 Å². The van der Waals surface area contributed by atoms with Crippen LogP contribution < -0.4 is 5.32 Å². The lowest BCUT2D eigenvalue weighted by Crippen LogP contribution is -2.47. The number of esters is 1. The van der Waals surface area contributed by atoms with Crippen LogP contribution in [0.15, 0.2) is 89.6 Å². The van der Waals surface area contributed by atoms with E-state index in [-0.39, 0.29) is 44.4 Å². The minimum Gasteiger partial charge on any atom is -0.468 e. The number of benzene rings is 3. The number of alkyl carbamates (subject to hydrolysis) is 1. The van der Waals surface area contributed by atoms with Gasteiger partial charge in [0, 0.05) is 19.0 Å². The van der Waals surface area contributed by atoms with Crippen molar-refractivity contribution in [3.05, 3.63) is 101 Å². The summed E-state index contributed by atoms with van der Waals surface area (Å²) in [6.07, 6.45) is 1.02. The number of rotatable bonds is 10. The number of hydrogen-bond donors (Lipinski definition) is 1. The summed E-state index contributed by atoms with van der Waals surface area (Å²) in [7, 11) is 1.22. The molecule has 0 fully saturated rings. The summed E-state index contributed by atoms with van der Waals surface area (Å²) in [5.41, 5.74) is 5.48. The summed E-state index contributed by atoms with van der Waals surface area (Å²) in [5.74, 6) is -1.25. The maximum atomic E-state index is 13.2. The Kier molecular flexibility index (Phi) is 8.95. The number of carbonyl (C=O) groups excluding carboxylic acids is 4. The smallest absolute Gasteiger partial charge is 0.407 e. The van der Waals surface area contributed by atoms with E-state index in [2.05, 4.69) is 22.4 Å². The molecule has 43 heavy (non-hydrogen) atoms. The van der Waals surface area contributed by atoms with Crippen molar-refractivity contribution < 1.29 is 28.7 Å². The first-order chi connectivity index (χ1) is 20.9. The molecule has 0 saturated carbocycles. The Hall–Kier alpha value is -5.25. The molecular weight excluding hydrogens is 548 g/mol. The molecule has 0 saturated heterocycles. The molecule has 10 heteroatoms. The molecule has 0 atom stereocenters. The zero-order chi connectivity index (χ0) is 30.3. The average molecular weight is 581 g/mol. The number of fused-ring (bicyclic) bond motifs is 3. The third kappa shape index (κ3) is 6.64. The molecule has 10 nitrogen and oxygen atoms in total. The topological polar surface area (TPSA) is 118 Å². The van der Waals surface area contributed by atoms with Crippen LogP contribution in [-0.2, 0) is 23.9 Å². The fourth-order valence-corrected chi connectivity index (χ4v) is 5.25. The van der Waals surface area contributed by atoms with Gasteiger partial charge in [-0.2, -0.15) is 0 Å². The molecule has 2 aliphatic rings. The standard InChI is InChI=1S/C33H32N4O6/c1-22-35-29(18-23-10-4-3-5-11-23)32(40)37(22)19-30(38)36(20-31(39)42-2)17-16-34-33(41)43-21-28-26-14-8-6-12-24(26)25-13-7-9-15-27(25)28/h3-15,18,28H,16-17,19-21H2,1-2H3,(H,34,41)/b29-18-. The van der Waals surface area contributed by atoms with Crippen molar-refractivity contribution in [1.29, 1.82) is 0 Å². The Bertz CT molecular complexity index is 1550. The van der Waals surface area contributed by atoms with Crippen LogP contribution in [0.4, 0.5) is 4.79 Å². The van der Waals surface area contributed by atoms with Crippen LogP contribution in [0.25, 0.3) is 17.2 Å². The second kappa shape index (κ2) is 13.2. The first-order valence-corrected chi connectivity index (χ1v) is 13.9. The van der Waals surface area contributed by atoms with E-state index in [1.165, 1.54) is 16.9 Å². The molecule has 1 N–H and O–H groups in total. The number of hydrogen-bond acceptors (Lipinski definition) is 7. The first kappa shape index (κ1) is 29.2. The summed E-state index contributed by atoms with van der Waals surface area (Å²) in [6.45, 7) is 1.16. The zero-order valence-corrected chi connectivity index (χ0v) is 24.0. The van der Waals surface area contributed by atoms with Crippen molar-refractivity contribution in [3.8, 4) is 11.1 Å². The molecule has 0 unspecified atom stereocenters. The largest absolute Gasteiger partial charge is 0.468 e. The van der Waals surface area contributed by atoms with Crippen molar-refractivity contribution in [2.45, 2.75) is 12.8 Å². The van der Waals surface area contributed by atoms with Gasteiger partial charge in [0.1, 0.15) is 31.2 Å². The van der Waals surface area contributed by atoms with Gasteiger partial charge in [0.2, 0.25) is 5.91 Å². The van der Waals surface area contributed by atoms with Gasteiger partial charge in [-0.25, -0.2) is 9.79 Å². The van der Waals surface area contributed by atoms with E-state index in [1.54, 1.807) is 13.0 Å². The summed E-state index contributed by atoms with van der Waals surface area (Å²) in [5, 5.41) is 2.66. The number of nitrogens with zero attached hydrogens (tertiary/aromatic N) is 3. The van der Waals surface area contributed by atoms with Crippen molar-refractivity contribution in [2.24, 2.45) is 4.99 Å². The third-order valence-corrected chi connectivity index (χ3v) is 7.43. The fraction of sp³-hybridized carbons (Fsp3) is 0.242. The second-order valence-electron chi connectivity index (χ2n) is 10.1. The molecule has 3 amide bonds. The molecule has 5 rings (SSSR count).